The number of hydrogen-bond donors (Lipinski definition) is 2. The number of thiophene rings is 1. The van der Waals surface area contributed by atoms with Crippen LogP contribution in [0.15, 0.2) is 38.6 Å². The van der Waals surface area contributed by atoms with Gasteiger partial charge in [-0.15, -0.1) is 11.3 Å². The van der Waals surface area contributed by atoms with Gasteiger partial charge in [0, 0.05) is 21.1 Å². The van der Waals surface area contributed by atoms with E-state index in [2.05, 4.69) is 31.4 Å². The van der Waals surface area contributed by atoms with Crippen molar-refractivity contribution in [2.75, 3.05) is 5.32 Å². The van der Waals surface area contributed by atoms with E-state index in [1.165, 1.54) is 11.3 Å². The van der Waals surface area contributed by atoms with Crippen molar-refractivity contribution in [3.05, 3.63) is 51.1 Å². The Morgan fingerprint density at radius 2 is 2.30 bits per heavy atom. The molecule has 0 saturated heterocycles. The summed E-state index contributed by atoms with van der Waals surface area (Å²) >= 11 is 4.93. The Kier molecular flexibility index (Phi) is 4.44. The highest BCUT2D eigenvalue weighted by molar-refractivity contribution is 9.10. The molecule has 1 aromatic carbocycles. The molecule has 0 aliphatic heterocycles. The normalized spacial score (nSPS) is 10.7. The topological polar surface area (TPSA) is 94.0 Å². The summed E-state index contributed by atoms with van der Waals surface area (Å²) in [5.74, 6) is 0.572. The van der Waals surface area contributed by atoms with Crippen LogP contribution in [0, 0.1) is 6.92 Å². The number of rotatable bonds is 5. The highest BCUT2D eigenvalue weighted by Gasteiger charge is 2.12. The highest BCUT2D eigenvalue weighted by Crippen LogP contribution is 2.28. The molecule has 0 aliphatic rings. The monoisotopic (exact) mass is 392 g/mol. The van der Waals surface area contributed by atoms with Crippen LogP contribution in [-0.2, 0) is 6.54 Å². The van der Waals surface area contributed by atoms with Crippen LogP contribution in [0.5, 0.6) is 0 Å². The maximum Gasteiger partial charge on any atom is 0.249 e. The van der Waals surface area contributed by atoms with Crippen LogP contribution in [-0.4, -0.2) is 16.0 Å². The number of nitrogens with one attached hydrogen (secondary N) is 1. The van der Waals surface area contributed by atoms with Gasteiger partial charge in [-0.1, -0.05) is 11.2 Å². The van der Waals surface area contributed by atoms with E-state index >= 15 is 0 Å². The maximum atomic E-state index is 11.4. The number of carbonyl (C=O) groups is 1. The Balaban J connectivity index is 1.73. The van der Waals surface area contributed by atoms with Crippen LogP contribution in [0.1, 0.15) is 21.8 Å². The van der Waals surface area contributed by atoms with E-state index in [9.17, 15) is 4.79 Å². The average Bonchev–Trinajstić information content (AvgIpc) is 3.14. The minimum absolute atomic E-state index is 0.364. The number of primary amides is 1. The third kappa shape index (κ3) is 3.43. The first-order valence-corrected chi connectivity index (χ1v) is 8.42. The summed E-state index contributed by atoms with van der Waals surface area (Å²) in [5.41, 5.74) is 7.44. The fraction of sp³-hybridized carbons (Fsp3) is 0.133. The fourth-order valence-electron chi connectivity index (χ4n) is 2.12. The Bertz CT molecular complexity index is 859. The first kappa shape index (κ1) is 15.7. The number of carbonyl (C=O) groups excluding carboxylic acids is 1. The van der Waals surface area contributed by atoms with Gasteiger partial charge in [-0.3, -0.25) is 4.79 Å². The summed E-state index contributed by atoms with van der Waals surface area (Å²) < 4.78 is 6.23. The molecule has 118 valence electrons. The van der Waals surface area contributed by atoms with Gasteiger partial charge < -0.3 is 15.6 Å². The minimum atomic E-state index is -0.450. The zero-order valence-electron chi connectivity index (χ0n) is 12.2. The molecule has 23 heavy (non-hydrogen) atoms. The number of halogens is 1. The van der Waals surface area contributed by atoms with E-state index in [1.807, 2.05) is 24.4 Å². The maximum absolute atomic E-state index is 11.4. The minimum Gasteiger partial charge on any atom is -0.376 e. The van der Waals surface area contributed by atoms with Crippen molar-refractivity contribution in [3.8, 4) is 10.7 Å². The van der Waals surface area contributed by atoms with Crippen LogP contribution in [0.25, 0.3) is 10.7 Å². The molecule has 8 heteroatoms. The van der Waals surface area contributed by atoms with E-state index in [0.29, 0.717) is 23.8 Å². The quantitative estimate of drug-likeness (QED) is 0.691. The number of amides is 1. The number of nitrogens with zero attached hydrogens (tertiary/aromatic N) is 2. The van der Waals surface area contributed by atoms with Crippen LogP contribution in [0.4, 0.5) is 5.69 Å². The first-order valence-electron chi connectivity index (χ1n) is 6.75. The van der Waals surface area contributed by atoms with Crippen molar-refractivity contribution < 1.29 is 9.32 Å². The van der Waals surface area contributed by atoms with Crippen LogP contribution in [0.2, 0.25) is 0 Å². The van der Waals surface area contributed by atoms with Gasteiger partial charge in [0.25, 0.3) is 0 Å². The summed E-state index contributed by atoms with van der Waals surface area (Å²) in [5, 5.41) is 9.11. The molecule has 3 rings (SSSR count). The van der Waals surface area contributed by atoms with Crippen LogP contribution < -0.4 is 11.1 Å². The van der Waals surface area contributed by atoms with Crippen LogP contribution >= 0.6 is 27.3 Å². The molecule has 0 bridgehead atoms. The molecule has 0 atom stereocenters. The van der Waals surface area contributed by atoms with Crippen molar-refractivity contribution in [3.63, 3.8) is 0 Å². The number of aromatic nitrogens is 2. The van der Waals surface area contributed by atoms with Gasteiger partial charge in [-0.05, 0) is 46.6 Å². The lowest BCUT2D eigenvalue weighted by molar-refractivity contribution is 0.1000. The molecule has 3 aromatic rings. The highest BCUT2D eigenvalue weighted by atomic mass is 79.9. The smallest absolute Gasteiger partial charge is 0.249 e. The molecule has 2 aromatic heterocycles. The zero-order valence-corrected chi connectivity index (χ0v) is 14.6. The van der Waals surface area contributed by atoms with E-state index in [4.69, 9.17) is 10.3 Å². The number of benzene rings is 1. The van der Waals surface area contributed by atoms with Crippen molar-refractivity contribution in [2.24, 2.45) is 5.73 Å². The lowest BCUT2D eigenvalue weighted by Gasteiger charge is -2.09. The van der Waals surface area contributed by atoms with E-state index in [1.54, 1.807) is 12.1 Å². The molecular weight excluding hydrogens is 380 g/mol. The van der Waals surface area contributed by atoms with Gasteiger partial charge in [-0.2, -0.15) is 4.98 Å². The van der Waals surface area contributed by atoms with Crippen molar-refractivity contribution >= 4 is 38.9 Å². The van der Waals surface area contributed by atoms with E-state index < -0.39 is 5.91 Å². The number of nitrogens with two attached hydrogens (primary N) is 1. The molecule has 0 unspecified atom stereocenters. The summed E-state index contributed by atoms with van der Waals surface area (Å²) in [6.45, 7) is 2.20. The first-order chi connectivity index (χ1) is 11.0. The van der Waals surface area contributed by atoms with Gasteiger partial charge in [0.15, 0.2) is 0 Å². The SMILES string of the molecule is Cc1c(NCc2nc(-c3cc(Br)cs3)no2)cccc1C(N)=O. The second kappa shape index (κ2) is 6.51. The van der Waals surface area contributed by atoms with Crippen molar-refractivity contribution in [1.29, 1.82) is 0 Å². The van der Waals surface area contributed by atoms with Gasteiger partial charge in [0.05, 0.1) is 11.4 Å². The zero-order chi connectivity index (χ0) is 16.4. The molecule has 0 fully saturated rings. The molecule has 0 radical (unpaired) electrons. The predicted octanol–water partition coefficient (Wildman–Crippen LogP) is 3.58. The summed E-state index contributed by atoms with van der Waals surface area (Å²) in [6, 6.07) is 7.28. The van der Waals surface area contributed by atoms with Crippen LogP contribution in [0.3, 0.4) is 0 Å². The Labute approximate surface area is 144 Å². The molecule has 0 aliphatic carbocycles. The third-order valence-corrected chi connectivity index (χ3v) is 4.97. The van der Waals surface area contributed by atoms with E-state index in [0.717, 1.165) is 20.6 Å². The largest absolute Gasteiger partial charge is 0.376 e. The summed E-state index contributed by atoms with van der Waals surface area (Å²) in [4.78, 5) is 16.6. The Hall–Kier alpha value is -2.19. The van der Waals surface area contributed by atoms with Gasteiger partial charge in [0.2, 0.25) is 17.6 Å². The second-order valence-electron chi connectivity index (χ2n) is 4.84. The van der Waals surface area contributed by atoms with Crippen molar-refractivity contribution in [2.45, 2.75) is 13.5 Å². The van der Waals surface area contributed by atoms with E-state index in [-0.39, 0.29) is 0 Å². The number of anilines is 1. The Morgan fingerprint density at radius 1 is 1.48 bits per heavy atom. The average molecular weight is 393 g/mol. The predicted molar refractivity (Wildman–Crippen MR) is 92.3 cm³/mol. The summed E-state index contributed by atoms with van der Waals surface area (Å²) in [6.07, 6.45) is 0. The molecule has 3 N–H and O–H groups in total. The molecule has 1 amide bonds. The van der Waals surface area contributed by atoms with Gasteiger partial charge in [0.1, 0.15) is 0 Å². The second-order valence-corrected chi connectivity index (χ2v) is 6.66. The Morgan fingerprint density at radius 3 is 3.00 bits per heavy atom. The van der Waals surface area contributed by atoms with Gasteiger partial charge >= 0.3 is 0 Å². The molecule has 0 spiro atoms. The molecule has 6 nitrogen and oxygen atoms in total. The fourth-order valence-corrected chi connectivity index (χ4v) is 3.47. The molecule has 0 saturated carbocycles. The summed E-state index contributed by atoms with van der Waals surface area (Å²) in [7, 11) is 0. The third-order valence-electron chi connectivity index (χ3n) is 3.29. The van der Waals surface area contributed by atoms with Gasteiger partial charge in [-0.25, -0.2) is 0 Å². The lowest BCUT2D eigenvalue weighted by Crippen LogP contribution is -2.14. The molecule has 2 heterocycles. The number of hydrogen-bond acceptors (Lipinski definition) is 6. The lowest BCUT2D eigenvalue weighted by atomic mass is 10.1. The molecular formula is C15H13BrN4O2S. The van der Waals surface area contributed by atoms with Crippen molar-refractivity contribution in [1.82, 2.24) is 10.1 Å². The standard InChI is InChI=1S/C15H13BrN4O2S/c1-8-10(14(17)21)3-2-4-11(8)18-6-13-19-15(20-22-13)12-5-9(16)7-23-12/h2-5,7,18H,6H2,1H3,(H2,17,21).